The predicted octanol–water partition coefficient (Wildman–Crippen LogP) is 2.81. The minimum absolute atomic E-state index is 0.606. The molecule has 0 aromatic heterocycles. The Labute approximate surface area is 76.9 Å². The Morgan fingerprint density at radius 3 is 2.58 bits per heavy atom. The van der Waals surface area contributed by atoms with Crippen LogP contribution in [0.4, 0.5) is 0 Å². The normalized spacial score (nSPS) is 30.5. The number of nitrogens with one attached hydrogen (secondary N) is 1. The van der Waals surface area contributed by atoms with Gasteiger partial charge in [-0.2, -0.15) is 0 Å². The molecule has 0 aromatic carbocycles. The first-order valence-corrected chi connectivity index (χ1v) is 5.28. The maximum absolute atomic E-state index is 3.53. The molecule has 0 aromatic rings. The molecule has 0 aliphatic heterocycles. The topological polar surface area (TPSA) is 12.0 Å². The van der Waals surface area contributed by atoms with E-state index in [4.69, 9.17) is 0 Å². The molecule has 1 saturated carbocycles. The molecular weight excluding hydrogens is 146 g/mol. The van der Waals surface area contributed by atoms with Gasteiger partial charge in [0.15, 0.2) is 0 Å². The zero-order chi connectivity index (χ0) is 9.19. The van der Waals surface area contributed by atoms with Crippen molar-refractivity contribution >= 4 is 0 Å². The van der Waals surface area contributed by atoms with Gasteiger partial charge in [-0.05, 0) is 44.1 Å². The molecule has 0 bridgehead atoms. The van der Waals surface area contributed by atoms with Crippen LogP contribution in [0, 0.1) is 11.3 Å². The maximum atomic E-state index is 3.53. The smallest absolute Gasteiger partial charge is 0.00670 e. The summed E-state index contributed by atoms with van der Waals surface area (Å²) in [6.45, 7) is 10.4. The van der Waals surface area contributed by atoms with E-state index < -0.39 is 0 Å². The molecule has 1 fully saturated rings. The first-order chi connectivity index (χ1) is 5.55. The molecule has 1 heteroatoms. The molecule has 0 radical (unpaired) electrons. The quantitative estimate of drug-likeness (QED) is 0.685. The van der Waals surface area contributed by atoms with Crippen LogP contribution < -0.4 is 5.32 Å². The van der Waals surface area contributed by atoms with Crippen LogP contribution in [-0.4, -0.2) is 12.6 Å². The lowest BCUT2D eigenvalue weighted by Crippen LogP contribution is -2.32. The van der Waals surface area contributed by atoms with E-state index in [1.807, 2.05) is 0 Å². The van der Waals surface area contributed by atoms with Crippen LogP contribution in [0.2, 0.25) is 0 Å². The van der Waals surface area contributed by atoms with Gasteiger partial charge in [0, 0.05) is 6.04 Å². The minimum atomic E-state index is 0.606. The SMILES string of the molecule is CCNC(C)C1CCC(C)(C)C1. The molecular formula is C11H23N. The van der Waals surface area contributed by atoms with Crippen molar-refractivity contribution in [2.75, 3.05) is 6.54 Å². The van der Waals surface area contributed by atoms with Crippen molar-refractivity contribution in [3.8, 4) is 0 Å². The molecule has 12 heavy (non-hydrogen) atoms. The van der Waals surface area contributed by atoms with E-state index in [1.165, 1.54) is 19.3 Å². The summed E-state index contributed by atoms with van der Waals surface area (Å²) in [4.78, 5) is 0. The van der Waals surface area contributed by atoms with E-state index in [0.29, 0.717) is 5.41 Å². The fraction of sp³-hybridized carbons (Fsp3) is 1.00. The third-order valence-corrected chi connectivity index (χ3v) is 3.24. The van der Waals surface area contributed by atoms with Gasteiger partial charge in [0.2, 0.25) is 0 Å². The van der Waals surface area contributed by atoms with Crippen molar-refractivity contribution in [3.05, 3.63) is 0 Å². The van der Waals surface area contributed by atoms with Crippen molar-refractivity contribution in [2.45, 2.75) is 53.0 Å². The van der Waals surface area contributed by atoms with E-state index in [9.17, 15) is 0 Å². The van der Waals surface area contributed by atoms with Crippen LogP contribution in [0.25, 0.3) is 0 Å². The predicted molar refractivity (Wildman–Crippen MR) is 54.3 cm³/mol. The highest BCUT2D eigenvalue weighted by molar-refractivity contribution is 4.86. The van der Waals surface area contributed by atoms with Crippen LogP contribution in [0.15, 0.2) is 0 Å². The summed E-state index contributed by atoms with van der Waals surface area (Å²) < 4.78 is 0. The van der Waals surface area contributed by atoms with Gasteiger partial charge in [-0.3, -0.25) is 0 Å². The van der Waals surface area contributed by atoms with Crippen molar-refractivity contribution in [1.82, 2.24) is 5.32 Å². The largest absolute Gasteiger partial charge is 0.314 e. The van der Waals surface area contributed by atoms with E-state index in [2.05, 4.69) is 33.0 Å². The molecule has 0 amide bonds. The standard InChI is InChI=1S/C11H23N/c1-5-12-9(2)10-6-7-11(3,4)8-10/h9-10,12H,5-8H2,1-4H3. The van der Waals surface area contributed by atoms with E-state index in [0.717, 1.165) is 18.5 Å². The van der Waals surface area contributed by atoms with Crippen LogP contribution in [0.3, 0.4) is 0 Å². The minimum Gasteiger partial charge on any atom is -0.314 e. The lowest BCUT2D eigenvalue weighted by atomic mass is 9.89. The summed E-state index contributed by atoms with van der Waals surface area (Å²) in [5, 5.41) is 3.53. The molecule has 0 saturated heterocycles. The Kier molecular flexibility index (Phi) is 3.16. The van der Waals surface area contributed by atoms with Crippen LogP contribution in [0.5, 0.6) is 0 Å². The second-order valence-electron chi connectivity index (χ2n) is 5.01. The summed E-state index contributed by atoms with van der Waals surface area (Å²) in [5.74, 6) is 0.917. The Balaban J connectivity index is 2.36. The summed E-state index contributed by atoms with van der Waals surface area (Å²) in [5.41, 5.74) is 0.606. The highest BCUT2D eigenvalue weighted by Crippen LogP contribution is 2.42. The molecule has 72 valence electrons. The summed E-state index contributed by atoms with van der Waals surface area (Å²) >= 11 is 0. The highest BCUT2D eigenvalue weighted by Gasteiger charge is 2.33. The first-order valence-electron chi connectivity index (χ1n) is 5.28. The summed E-state index contributed by atoms with van der Waals surface area (Å²) in [6.07, 6.45) is 4.23. The molecule has 2 unspecified atom stereocenters. The van der Waals surface area contributed by atoms with Crippen molar-refractivity contribution in [2.24, 2.45) is 11.3 Å². The van der Waals surface area contributed by atoms with E-state index in [1.54, 1.807) is 0 Å². The first kappa shape index (κ1) is 10.0. The number of hydrogen-bond donors (Lipinski definition) is 1. The van der Waals surface area contributed by atoms with Crippen molar-refractivity contribution < 1.29 is 0 Å². The molecule has 2 atom stereocenters. The lowest BCUT2D eigenvalue weighted by Gasteiger charge is -2.22. The van der Waals surface area contributed by atoms with Crippen molar-refractivity contribution in [1.29, 1.82) is 0 Å². The van der Waals surface area contributed by atoms with Crippen molar-refractivity contribution in [3.63, 3.8) is 0 Å². The third-order valence-electron chi connectivity index (χ3n) is 3.24. The van der Waals surface area contributed by atoms with Gasteiger partial charge in [0.1, 0.15) is 0 Å². The van der Waals surface area contributed by atoms with Gasteiger partial charge in [0.25, 0.3) is 0 Å². The van der Waals surface area contributed by atoms with Gasteiger partial charge >= 0.3 is 0 Å². The molecule has 1 aliphatic rings. The molecule has 1 rings (SSSR count). The van der Waals surface area contributed by atoms with E-state index >= 15 is 0 Å². The Bertz CT molecular complexity index is 140. The molecule has 0 heterocycles. The fourth-order valence-electron chi connectivity index (χ4n) is 2.41. The summed E-state index contributed by atoms with van der Waals surface area (Å²) in [6, 6.07) is 0.719. The Morgan fingerprint density at radius 2 is 2.17 bits per heavy atom. The third kappa shape index (κ3) is 2.48. The fourth-order valence-corrected chi connectivity index (χ4v) is 2.41. The highest BCUT2D eigenvalue weighted by atomic mass is 14.9. The molecule has 1 aliphatic carbocycles. The van der Waals surface area contributed by atoms with Crippen LogP contribution >= 0.6 is 0 Å². The monoisotopic (exact) mass is 169 g/mol. The Hall–Kier alpha value is -0.0400. The zero-order valence-corrected chi connectivity index (χ0v) is 8.98. The van der Waals surface area contributed by atoms with E-state index in [-0.39, 0.29) is 0 Å². The second kappa shape index (κ2) is 3.78. The second-order valence-corrected chi connectivity index (χ2v) is 5.01. The van der Waals surface area contributed by atoms with Gasteiger partial charge in [-0.1, -0.05) is 20.8 Å². The Morgan fingerprint density at radius 1 is 1.50 bits per heavy atom. The van der Waals surface area contributed by atoms with Gasteiger partial charge in [-0.25, -0.2) is 0 Å². The number of rotatable bonds is 3. The molecule has 1 N–H and O–H groups in total. The average molecular weight is 169 g/mol. The van der Waals surface area contributed by atoms with Gasteiger partial charge in [0.05, 0.1) is 0 Å². The maximum Gasteiger partial charge on any atom is 0.00670 e. The van der Waals surface area contributed by atoms with Gasteiger partial charge in [-0.15, -0.1) is 0 Å². The van der Waals surface area contributed by atoms with Crippen LogP contribution in [0.1, 0.15) is 47.0 Å². The zero-order valence-electron chi connectivity index (χ0n) is 8.98. The lowest BCUT2D eigenvalue weighted by molar-refractivity contribution is 0.324. The van der Waals surface area contributed by atoms with Gasteiger partial charge < -0.3 is 5.32 Å². The molecule has 0 spiro atoms. The average Bonchev–Trinajstić information content (AvgIpc) is 2.31. The summed E-state index contributed by atoms with van der Waals surface area (Å²) in [7, 11) is 0. The number of hydrogen-bond acceptors (Lipinski definition) is 1. The van der Waals surface area contributed by atoms with Crippen LogP contribution in [-0.2, 0) is 0 Å². The molecule has 1 nitrogen and oxygen atoms in total.